The highest BCUT2D eigenvalue weighted by Crippen LogP contribution is 2.10. The molecular formula is C20H31N3O3. The molecule has 1 rings (SSSR count). The molecular weight excluding hydrogens is 330 g/mol. The van der Waals surface area contributed by atoms with E-state index in [2.05, 4.69) is 10.6 Å². The summed E-state index contributed by atoms with van der Waals surface area (Å²) in [6, 6.07) is 7.42. The van der Waals surface area contributed by atoms with E-state index in [4.69, 9.17) is 0 Å². The van der Waals surface area contributed by atoms with Crippen molar-refractivity contribution in [2.45, 2.75) is 41.0 Å². The Morgan fingerprint density at radius 1 is 1.04 bits per heavy atom. The first-order valence-corrected chi connectivity index (χ1v) is 9.14. The molecule has 0 aliphatic carbocycles. The Bertz CT molecular complexity index is 611. The van der Waals surface area contributed by atoms with E-state index in [1.807, 2.05) is 58.9 Å². The predicted octanol–water partition coefficient (Wildman–Crippen LogP) is 2.58. The Hall–Kier alpha value is -2.37. The van der Waals surface area contributed by atoms with E-state index in [-0.39, 0.29) is 42.6 Å². The molecule has 1 aromatic carbocycles. The van der Waals surface area contributed by atoms with Gasteiger partial charge in [0.05, 0.1) is 13.1 Å². The number of benzene rings is 1. The predicted molar refractivity (Wildman–Crippen MR) is 104 cm³/mol. The number of hydrogen-bond acceptors (Lipinski definition) is 3. The van der Waals surface area contributed by atoms with Crippen LogP contribution in [0.25, 0.3) is 0 Å². The van der Waals surface area contributed by atoms with Crippen LogP contribution in [0.5, 0.6) is 0 Å². The summed E-state index contributed by atoms with van der Waals surface area (Å²) < 4.78 is 0. The van der Waals surface area contributed by atoms with Crippen LogP contribution in [0.1, 0.15) is 39.7 Å². The maximum atomic E-state index is 12.4. The molecule has 3 amide bonds. The molecule has 1 aromatic rings. The zero-order valence-corrected chi connectivity index (χ0v) is 16.5. The molecule has 0 saturated carbocycles. The third-order valence-electron chi connectivity index (χ3n) is 4.05. The van der Waals surface area contributed by atoms with Gasteiger partial charge in [0.25, 0.3) is 0 Å². The van der Waals surface area contributed by atoms with Crippen LogP contribution < -0.4 is 10.6 Å². The molecule has 6 nitrogen and oxygen atoms in total. The highest BCUT2D eigenvalue weighted by molar-refractivity contribution is 5.95. The van der Waals surface area contributed by atoms with Crippen molar-refractivity contribution in [3.8, 4) is 0 Å². The second-order valence-electron chi connectivity index (χ2n) is 7.11. The smallest absolute Gasteiger partial charge is 0.243 e. The molecule has 0 aliphatic rings. The van der Waals surface area contributed by atoms with Crippen LogP contribution in [0.15, 0.2) is 24.3 Å². The van der Waals surface area contributed by atoms with Gasteiger partial charge in [0.1, 0.15) is 0 Å². The van der Waals surface area contributed by atoms with Gasteiger partial charge in [0.2, 0.25) is 17.7 Å². The van der Waals surface area contributed by atoms with Crippen LogP contribution in [0.3, 0.4) is 0 Å². The second kappa shape index (κ2) is 10.6. The number of nitrogens with zero attached hydrogens (tertiary/aromatic N) is 1. The minimum atomic E-state index is -0.332. The first kappa shape index (κ1) is 21.7. The molecule has 0 aliphatic heterocycles. The Balaban J connectivity index is 2.52. The van der Waals surface area contributed by atoms with Crippen molar-refractivity contribution in [3.05, 3.63) is 29.8 Å². The molecule has 144 valence electrons. The topological polar surface area (TPSA) is 78.5 Å². The van der Waals surface area contributed by atoms with Crippen LogP contribution in [0.4, 0.5) is 5.69 Å². The maximum Gasteiger partial charge on any atom is 0.243 e. The van der Waals surface area contributed by atoms with E-state index in [0.717, 1.165) is 12.0 Å². The number of hydrogen-bond donors (Lipinski definition) is 2. The minimum Gasteiger partial charge on any atom is -0.345 e. The maximum absolute atomic E-state index is 12.4. The molecule has 0 heterocycles. The molecule has 0 unspecified atom stereocenters. The number of aryl methyl sites for hydroxylation is 1. The summed E-state index contributed by atoms with van der Waals surface area (Å²) in [5, 5.41) is 5.31. The van der Waals surface area contributed by atoms with Gasteiger partial charge in [0.15, 0.2) is 0 Å². The summed E-state index contributed by atoms with van der Waals surface area (Å²) in [7, 11) is 0. The number of nitrogens with one attached hydrogen (secondary N) is 2. The number of carbonyl (C=O) groups excluding carboxylic acids is 3. The fraction of sp³-hybridized carbons (Fsp3) is 0.550. The van der Waals surface area contributed by atoms with Gasteiger partial charge in [-0.25, -0.2) is 0 Å². The van der Waals surface area contributed by atoms with Gasteiger partial charge in [-0.3, -0.25) is 14.4 Å². The van der Waals surface area contributed by atoms with Gasteiger partial charge in [-0.2, -0.15) is 0 Å². The van der Waals surface area contributed by atoms with Crippen LogP contribution in [0.2, 0.25) is 0 Å². The van der Waals surface area contributed by atoms with Crippen molar-refractivity contribution in [2.24, 2.45) is 11.8 Å². The normalized spacial score (nSPS) is 11.8. The van der Waals surface area contributed by atoms with E-state index in [1.54, 1.807) is 4.90 Å². The number of anilines is 1. The van der Waals surface area contributed by atoms with Gasteiger partial charge < -0.3 is 15.5 Å². The lowest BCUT2D eigenvalue weighted by Crippen LogP contribution is -2.45. The van der Waals surface area contributed by atoms with Crippen LogP contribution in [0, 0.1) is 18.8 Å². The summed E-state index contributed by atoms with van der Waals surface area (Å²) in [6.45, 7) is 10.2. The number of carbonyl (C=O) groups is 3. The first-order chi connectivity index (χ1) is 12.2. The van der Waals surface area contributed by atoms with E-state index in [9.17, 15) is 14.4 Å². The van der Waals surface area contributed by atoms with Crippen molar-refractivity contribution >= 4 is 23.4 Å². The molecule has 26 heavy (non-hydrogen) atoms. The van der Waals surface area contributed by atoms with E-state index in [1.165, 1.54) is 0 Å². The summed E-state index contributed by atoms with van der Waals surface area (Å²) in [6.07, 6.45) is 0.730. The molecule has 0 spiro atoms. The summed E-state index contributed by atoms with van der Waals surface area (Å²) >= 11 is 0. The monoisotopic (exact) mass is 361 g/mol. The van der Waals surface area contributed by atoms with E-state index < -0.39 is 0 Å². The van der Waals surface area contributed by atoms with Crippen molar-refractivity contribution < 1.29 is 14.4 Å². The van der Waals surface area contributed by atoms with Gasteiger partial charge in [-0.1, -0.05) is 45.4 Å². The Morgan fingerprint density at radius 3 is 2.19 bits per heavy atom. The fourth-order valence-electron chi connectivity index (χ4n) is 2.41. The second-order valence-corrected chi connectivity index (χ2v) is 7.11. The SMILES string of the molecule is CC[C@@H](C)C(=O)N(CC(=O)NCC(=O)Nc1ccc(C)cc1)CC(C)C. The molecule has 0 aromatic heterocycles. The van der Waals surface area contributed by atoms with Gasteiger partial charge in [-0.15, -0.1) is 0 Å². The van der Waals surface area contributed by atoms with Crippen LogP contribution >= 0.6 is 0 Å². The molecule has 0 saturated heterocycles. The summed E-state index contributed by atoms with van der Waals surface area (Å²) in [5.41, 5.74) is 1.79. The summed E-state index contributed by atoms with van der Waals surface area (Å²) in [5.74, 6) is -0.514. The largest absolute Gasteiger partial charge is 0.345 e. The van der Waals surface area contributed by atoms with E-state index in [0.29, 0.717) is 12.2 Å². The van der Waals surface area contributed by atoms with Crippen molar-refractivity contribution in [1.29, 1.82) is 0 Å². The fourth-order valence-corrected chi connectivity index (χ4v) is 2.41. The van der Waals surface area contributed by atoms with Crippen molar-refractivity contribution in [1.82, 2.24) is 10.2 Å². The van der Waals surface area contributed by atoms with E-state index >= 15 is 0 Å². The van der Waals surface area contributed by atoms with Crippen LogP contribution in [-0.2, 0) is 14.4 Å². The quantitative estimate of drug-likeness (QED) is 0.709. The zero-order chi connectivity index (χ0) is 19.7. The Kier molecular flexibility index (Phi) is 8.82. The summed E-state index contributed by atoms with van der Waals surface area (Å²) in [4.78, 5) is 38.1. The Labute approximate surface area is 156 Å². The molecule has 0 radical (unpaired) electrons. The standard InChI is InChI=1S/C20H31N3O3/c1-6-16(5)20(26)23(12-14(2)3)13-19(25)21-11-18(24)22-17-9-7-15(4)8-10-17/h7-10,14,16H,6,11-13H2,1-5H3,(H,21,25)(H,22,24)/t16-/m1/s1. The van der Waals surface area contributed by atoms with Crippen molar-refractivity contribution in [3.63, 3.8) is 0 Å². The van der Waals surface area contributed by atoms with Crippen molar-refractivity contribution in [2.75, 3.05) is 25.0 Å². The molecule has 0 fully saturated rings. The van der Waals surface area contributed by atoms with Crippen LogP contribution in [-0.4, -0.2) is 42.3 Å². The third-order valence-corrected chi connectivity index (χ3v) is 4.05. The third kappa shape index (κ3) is 7.68. The average molecular weight is 361 g/mol. The lowest BCUT2D eigenvalue weighted by molar-refractivity contribution is -0.139. The Morgan fingerprint density at radius 2 is 1.65 bits per heavy atom. The average Bonchev–Trinajstić information content (AvgIpc) is 2.59. The molecule has 1 atom stereocenters. The number of rotatable bonds is 9. The molecule has 0 bridgehead atoms. The highest BCUT2D eigenvalue weighted by Gasteiger charge is 2.22. The van der Waals surface area contributed by atoms with Gasteiger partial charge in [0, 0.05) is 18.2 Å². The zero-order valence-electron chi connectivity index (χ0n) is 16.5. The lowest BCUT2D eigenvalue weighted by atomic mass is 10.1. The highest BCUT2D eigenvalue weighted by atomic mass is 16.2. The minimum absolute atomic E-state index is 0.0274. The molecule has 2 N–H and O–H groups in total. The number of amides is 3. The first-order valence-electron chi connectivity index (χ1n) is 9.14. The molecule has 6 heteroatoms. The lowest BCUT2D eigenvalue weighted by Gasteiger charge is -2.26. The van der Waals surface area contributed by atoms with Gasteiger partial charge >= 0.3 is 0 Å². The van der Waals surface area contributed by atoms with Gasteiger partial charge in [-0.05, 0) is 31.4 Å².